The van der Waals surface area contributed by atoms with Crippen molar-refractivity contribution in [1.82, 2.24) is 19.4 Å². The Kier molecular flexibility index (Phi) is 13.0. The molecule has 5 aromatic rings. The number of hydrogen-bond donors (Lipinski definition) is 2. The minimum Gasteiger partial charge on any atom is -0.465 e. The molecule has 292 valence electrons. The van der Waals surface area contributed by atoms with Gasteiger partial charge in [0, 0.05) is 50.4 Å². The minimum atomic E-state index is -0.359. The van der Waals surface area contributed by atoms with Crippen molar-refractivity contribution >= 4 is 46.2 Å². The molecule has 0 aliphatic carbocycles. The smallest absolute Gasteiger partial charge is 0.337 e. The van der Waals surface area contributed by atoms with E-state index in [1.165, 1.54) is 27.1 Å². The van der Waals surface area contributed by atoms with Gasteiger partial charge in [0.05, 0.1) is 47.8 Å². The summed E-state index contributed by atoms with van der Waals surface area (Å²) in [5, 5.41) is 3.28. The number of methoxy groups -OCH3 is 2. The van der Waals surface area contributed by atoms with Crippen LogP contribution in [0.4, 0.5) is 11.4 Å². The molecule has 2 amide bonds. The maximum Gasteiger partial charge on any atom is 0.337 e. The van der Waals surface area contributed by atoms with Crippen LogP contribution in [0.1, 0.15) is 96.9 Å². The second kappa shape index (κ2) is 18.4. The lowest BCUT2D eigenvalue weighted by Gasteiger charge is -2.27. The Balaban J connectivity index is 0.000000190. The molecular formula is C44H50N6O6. The normalized spacial score (nSPS) is 14.1. The van der Waals surface area contributed by atoms with Gasteiger partial charge in [-0.3, -0.25) is 9.59 Å². The molecule has 2 saturated heterocycles. The molecule has 0 atom stereocenters. The van der Waals surface area contributed by atoms with Gasteiger partial charge < -0.3 is 34.9 Å². The Labute approximate surface area is 327 Å². The first kappa shape index (κ1) is 39.5. The number of esters is 2. The molecule has 2 aliphatic heterocycles. The van der Waals surface area contributed by atoms with Crippen molar-refractivity contribution in [3.8, 4) is 0 Å². The number of anilines is 2. The van der Waals surface area contributed by atoms with Crippen LogP contribution >= 0.6 is 0 Å². The predicted octanol–water partition coefficient (Wildman–Crippen LogP) is 7.10. The molecule has 4 aromatic carbocycles. The molecule has 0 spiro atoms. The van der Waals surface area contributed by atoms with Gasteiger partial charge in [-0.1, -0.05) is 24.3 Å². The van der Waals surface area contributed by atoms with E-state index in [2.05, 4.69) is 14.9 Å². The van der Waals surface area contributed by atoms with E-state index < -0.39 is 0 Å². The molecule has 56 heavy (non-hydrogen) atoms. The fourth-order valence-electron chi connectivity index (χ4n) is 7.10. The van der Waals surface area contributed by atoms with Gasteiger partial charge >= 0.3 is 11.9 Å². The molecule has 12 heteroatoms. The van der Waals surface area contributed by atoms with Crippen LogP contribution in [-0.2, 0) is 22.6 Å². The number of nitrogens with two attached hydrogens (primary N) is 1. The summed E-state index contributed by atoms with van der Waals surface area (Å²) < 4.78 is 11.6. The topological polar surface area (TPSA) is 149 Å². The molecule has 0 saturated carbocycles. The lowest BCUT2D eigenvalue weighted by Crippen LogP contribution is -2.35. The highest BCUT2D eigenvalue weighted by Gasteiger charge is 2.21. The average Bonchev–Trinajstić information content (AvgIpc) is 3.56. The number of fused-ring (bicyclic) bond motifs is 1. The average molecular weight is 759 g/mol. The SMILES string of the molecule is COC(=O)c1ccc(CNc2cc(C(=O)N3CCCCC3)ccc2N)cc1.COC(=O)c1ccc(Cn2c(C)nc3ccc(C(=O)N4CCCCC4)cc32)cc1. The van der Waals surface area contributed by atoms with E-state index in [1.807, 2.05) is 65.3 Å². The van der Waals surface area contributed by atoms with E-state index in [4.69, 9.17) is 15.2 Å². The van der Waals surface area contributed by atoms with Crippen LogP contribution in [-0.4, -0.2) is 83.5 Å². The lowest BCUT2D eigenvalue weighted by molar-refractivity contribution is 0.0592. The molecule has 2 fully saturated rings. The number of hydrogen-bond acceptors (Lipinski definition) is 9. The molecule has 1 aromatic heterocycles. The monoisotopic (exact) mass is 758 g/mol. The zero-order valence-electron chi connectivity index (χ0n) is 32.4. The summed E-state index contributed by atoms with van der Waals surface area (Å²) >= 11 is 0. The van der Waals surface area contributed by atoms with Crippen LogP contribution in [0.25, 0.3) is 11.0 Å². The largest absolute Gasteiger partial charge is 0.465 e. The van der Waals surface area contributed by atoms with Crippen LogP contribution in [0.2, 0.25) is 0 Å². The molecule has 3 N–H and O–H groups in total. The van der Waals surface area contributed by atoms with Gasteiger partial charge in [0.2, 0.25) is 0 Å². The first-order valence-corrected chi connectivity index (χ1v) is 19.2. The molecular weight excluding hydrogens is 709 g/mol. The second-order valence-corrected chi connectivity index (χ2v) is 14.2. The third-order valence-corrected chi connectivity index (χ3v) is 10.3. The number of ether oxygens (including phenoxy) is 2. The van der Waals surface area contributed by atoms with E-state index in [0.29, 0.717) is 41.0 Å². The lowest BCUT2D eigenvalue weighted by atomic mass is 10.1. The summed E-state index contributed by atoms with van der Waals surface area (Å²) in [5.41, 5.74) is 13.7. The number of imidazole rings is 1. The van der Waals surface area contributed by atoms with Gasteiger partial charge in [-0.15, -0.1) is 0 Å². The molecule has 2 aliphatic rings. The number of carbonyl (C=O) groups is 4. The third kappa shape index (κ3) is 9.55. The zero-order valence-corrected chi connectivity index (χ0v) is 32.4. The van der Waals surface area contributed by atoms with E-state index >= 15 is 0 Å². The number of likely N-dealkylation sites (tertiary alicyclic amines) is 2. The number of rotatable bonds is 9. The number of piperidine rings is 2. The van der Waals surface area contributed by atoms with E-state index in [0.717, 1.165) is 85.5 Å². The van der Waals surface area contributed by atoms with Crippen molar-refractivity contribution in [1.29, 1.82) is 0 Å². The summed E-state index contributed by atoms with van der Waals surface area (Å²) in [6.07, 6.45) is 6.66. The van der Waals surface area contributed by atoms with E-state index in [1.54, 1.807) is 36.4 Å². The Morgan fingerprint density at radius 1 is 0.643 bits per heavy atom. The first-order valence-electron chi connectivity index (χ1n) is 19.2. The molecule has 0 unspecified atom stereocenters. The molecule has 0 radical (unpaired) electrons. The summed E-state index contributed by atoms with van der Waals surface area (Å²) in [5.74, 6) is 0.337. The predicted molar refractivity (Wildman–Crippen MR) is 217 cm³/mol. The van der Waals surface area contributed by atoms with Crippen LogP contribution in [0.15, 0.2) is 84.9 Å². The van der Waals surface area contributed by atoms with Crippen LogP contribution in [0.5, 0.6) is 0 Å². The number of aryl methyl sites for hydroxylation is 1. The van der Waals surface area contributed by atoms with E-state index in [9.17, 15) is 19.2 Å². The number of carbonyl (C=O) groups excluding carboxylic acids is 4. The van der Waals surface area contributed by atoms with Crippen molar-refractivity contribution < 1.29 is 28.7 Å². The highest BCUT2D eigenvalue weighted by molar-refractivity contribution is 5.98. The minimum absolute atomic E-state index is 0.0557. The Morgan fingerprint density at radius 2 is 1.12 bits per heavy atom. The van der Waals surface area contributed by atoms with Gasteiger partial charge in [-0.25, -0.2) is 14.6 Å². The summed E-state index contributed by atoms with van der Waals surface area (Å²) in [7, 11) is 2.73. The molecule has 12 nitrogen and oxygen atoms in total. The molecule has 0 bridgehead atoms. The van der Waals surface area contributed by atoms with Gasteiger partial charge in [0.15, 0.2) is 0 Å². The van der Waals surface area contributed by atoms with Crippen LogP contribution in [0.3, 0.4) is 0 Å². The number of nitrogens with zero attached hydrogens (tertiary/aromatic N) is 4. The highest BCUT2D eigenvalue weighted by Crippen LogP contribution is 2.24. The van der Waals surface area contributed by atoms with Gasteiger partial charge in [0.25, 0.3) is 11.8 Å². The first-order chi connectivity index (χ1) is 27.1. The standard InChI is InChI=1S/C23H25N3O3.C21H25N3O3/c1-16-24-20-11-10-19(22(27)25-12-4-3-5-13-25)14-21(20)26(16)15-17-6-8-18(9-7-17)23(28)29-2;1-27-21(26)16-7-5-15(6-8-16)14-23-19-13-17(9-10-18(19)22)20(25)24-11-3-2-4-12-24/h6-11,14H,3-5,12-13,15H2,1-2H3;5-10,13,23H,2-4,11-12,14,22H2,1H3. The second-order valence-electron chi connectivity index (χ2n) is 14.2. The number of amides is 2. The fourth-order valence-corrected chi connectivity index (χ4v) is 7.10. The van der Waals surface area contributed by atoms with Crippen LogP contribution in [0, 0.1) is 6.92 Å². The number of aromatic nitrogens is 2. The molecule has 3 heterocycles. The van der Waals surface area contributed by atoms with Crippen molar-refractivity contribution in [2.24, 2.45) is 0 Å². The van der Waals surface area contributed by atoms with E-state index in [-0.39, 0.29) is 23.8 Å². The quantitative estimate of drug-likeness (QED) is 0.119. The third-order valence-electron chi connectivity index (χ3n) is 10.3. The highest BCUT2D eigenvalue weighted by atomic mass is 16.5. The summed E-state index contributed by atoms with van der Waals surface area (Å²) in [6.45, 7) is 6.42. The van der Waals surface area contributed by atoms with Crippen LogP contribution < -0.4 is 11.1 Å². The fraction of sp³-hybridized carbons (Fsp3) is 0.341. The van der Waals surface area contributed by atoms with Crippen molar-refractivity contribution in [3.05, 3.63) is 124 Å². The summed E-state index contributed by atoms with van der Waals surface area (Å²) in [6, 6.07) is 25.6. The van der Waals surface area contributed by atoms with Gasteiger partial charge in [-0.05, 0) is 117 Å². The Hall–Kier alpha value is -6.17. The summed E-state index contributed by atoms with van der Waals surface area (Å²) in [4.78, 5) is 57.2. The van der Waals surface area contributed by atoms with Crippen molar-refractivity contribution in [2.75, 3.05) is 51.4 Å². The molecule has 7 rings (SSSR count). The van der Waals surface area contributed by atoms with Gasteiger partial charge in [0.1, 0.15) is 5.82 Å². The number of nitrogens with one attached hydrogen (secondary N) is 1. The Morgan fingerprint density at radius 3 is 1.66 bits per heavy atom. The van der Waals surface area contributed by atoms with Crippen molar-refractivity contribution in [2.45, 2.75) is 58.5 Å². The van der Waals surface area contributed by atoms with Gasteiger partial charge in [-0.2, -0.15) is 0 Å². The van der Waals surface area contributed by atoms with Crippen molar-refractivity contribution in [3.63, 3.8) is 0 Å². The number of benzene rings is 4. The zero-order chi connectivity index (χ0) is 39.6. The maximum atomic E-state index is 12.9. The number of nitrogen functional groups attached to an aromatic ring is 1. The Bertz CT molecular complexity index is 2170. The maximum absolute atomic E-state index is 12.9.